The number of nitrogens with zero attached hydrogens (tertiary/aromatic N) is 1. The molecule has 2 aromatic carbocycles. The number of nitrogens with two attached hydrogens (primary N) is 1. The topological polar surface area (TPSA) is 63.4 Å². The molecule has 4 nitrogen and oxygen atoms in total. The monoisotopic (exact) mass is 338 g/mol. The second-order valence-electron chi connectivity index (χ2n) is 5.87. The summed E-state index contributed by atoms with van der Waals surface area (Å²) in [4.78, 5) is 27.1. The third-order valence-corrected chi connectivity index (χ3v) is 5.10. The average Bonchev–Trinajstić information content (AvgIpc) is 2.84. The van der Waals surface area contributed by atoms with Crippen molar-refractivity contribution >= 4 is 39.9 Å². The summed E-state index contributed by atoms with van der Waals surface area (Å²) in [6.07, 6.45) is 0. The van der Waals surface area contributed by atoms with Gasteiger partial charge in [0.1, 0.15) is 0 Å². The first-order valence-corrected chi connectivity index (χ1v) is 8.40. The highest BCUT2D eigenvalue weighted by molar-refractivity contribution is 8.19. The van der Waals surface area contributed by atoms with E-state index in [2.05, 4.69) is 0 Å². The van der Waals surface area contributed by atoms with Gasteiger partial charge in [-0.05, 0) is 73.0 Å². The van der Waals surface area contributed by atoms with Crippen LogP contribution in [0.2, 0.25) is 0 Å². The lowest BCUT2D eigenvalue weighted by atomic mass is 10.1. The number of amides is 2. The molecule has 1 aliphatic rings. The van der Waals surface area contributed by atoms with Gasteiger partial charge in [-0.1, -0.05) is 24.3 Å². The number of aryl methyl sites for hydroxylation is 2. The van der Waals surface area contributed by atoms with Gasteiger partial charge in [0, 0.05) is 5.69 Å². The number of hydrogen-bond donors (Lipinski definition) is 1. The molecule has 0 unspecified atom stereocenters. The Kier molecular flexibility index (Phi) is 4.20. The molecule has 0 aromatic heterocycles. The van der Waals surface area contributed by atoms with Gasteiger partial charge in [-0.3, -0.25) is 9.59 Å². The second-order valence-corrected chi connectivity index (χ2v) is 6.84. The normalized spacial score (nSPS) is 16.7. The summed E-state index contributed by atoms with van der Waals surface area (Å²) >= 11 is 0.984. The van der Waals surface area contributed by atoms with E-state index in [4.69, 9.17) is 5.73 Å². The summed E-state index contributed by atoms with van der Waals surface area (Å²) in [6, 6.07) is 13.0. The molecule has 2 N–H and O–H groups in total. The van der Waals surface area contributed by atoms with Gasteiger partial charge in [0.25, 0.3) is 11.1 Å². The molecule has 0 atom stereocenters. The zero-order chi connectivity index (χ0) is 17.4. The molecular formula is C19H18N2O2S. The van der Waals surface area contributed by atoms with Crippen molar-refractivity contribution in [2.24, 2.45) is 0 Å². The van der Waals surface area contributed by atoms with Crippen LogP contribution < -0.4 is 10.6 Å². The average molecular weight is 338 g/mol. The standard InChI is InChI=1S/C19H18N2O2S/c1-11-4-5-12(2)16(10-11)21-18(22)17(24-19(21)23)13(3)14-6-8-15(20)9-7-14/h4-10H,20H2,1-3H3/b17-13-. The molecule has 1 aliphatic heterocycles. The van der Waals surface area contributed by atoms with Crippen molar-refractivity contribution in [3.05, 3.63) is 64.1 Å². The summed E-state index contributed by atoms with van der Waals surface area (Å²) < 4.78 is 0. The third kappa shape index (κ3) is 2.83. The Labute approximate surface area is 145 Å². The van der Waals surface area contributed by atoms with Crippen molar-refractivity contribution in [2.45, 2.75) is 20.8 Å². The smallest absolute Gasteiger partial charge is 0.298 e. The maximum absolute atomic E-state index is 12.9. The number of rotatable bonds is 2. The summed E-state index contributed by atoms with van der Waals surface area (Å²) in [5, 5.41) is -0.265. The largest absolute Gasteiger partial charge is 0.399 e. The Morgan fingerprint density at radius 2 is 1.71 bits per heavy atom. The Morgan fingerprint density at radius 1 is 1.04 bits per heavy atom. The molecule has 0 saturated carbocycles. The first kappa shape index (κ1) is 16.3. The Morgan fingerprint density at radius 3 is 2.38 bits per heavy atom. The first-order chi connectivity index (χ1) is 11.4. The van der Waals surface area contributed by atoms with Crippen molar-refractivity contribution in [1.82, 2.24) is 0 Å². The number of thioether (sulfide) groups is 1. The molecule has 1 heterocycles. The molecule has 5 heteroatoms. The van der Waals surface area contributed by atoms with E-state index in [0.717, 1.165) is 34.0 Å². The number of hydrogen-bond acceptors (Lipinski definition) is 4. The Bertz CT molecular complexity index is 869. The minimum absolute atomic E-state index is 0.265. The first-order valence-electron chi connectivity index (χ1n) is 7.59. The van der Waals surface area contributed by atoms with Crippen LogP contribution in [-0.4, -0.2) is 11.1 Å². The van der Waals surface area contributed by atoms with E-state index in [9.17, 15) is 9.59 Å². The fourth-order valence-electron chi connectivity index (χ4n) is 2.63. The van der Waals surface area contributed by atoms with Crippen LogP contribution in [0.15, 0.2) is 47.4 Å². The number of allylic oxidation sites excluding steroid dienone is 1. The highest BCUT2D eigenvalue weighted by Crippen LogP contribution is 2.40. The molecule has 122 valence electrons. The maximum Gasteiger partial charge on any atom is 0.298 e. The molecule has 0 spiro atoms. The lowest BCUT2D eigenvalue weighted by Crippen LogP contribution is -2.28. The van der Waals surface area contributed by atoms with Gasteiger partial charge in [-0.15, -0.1) is 0 Å². The summed E-state index contributed by atoms with van der Waals surface area (Å²) in [5.74, 6) is -0.270. The molecule has 3 rings (SSSR count). The van der Waals surface area contributed by atoms with Crippen LogP contribution in [0.3, 0.4) is 0 Å². The SMILES string of the molecule is C/C(=C1/SC(=O)N(c2cc(C)ccc2C)C1=O)c1ccc(N)cc1. The summed E-state index contributed by atoms with van der Waals surface area (Å²) in [5.41, 5.74) is 10.6. The highest BCUT2D eigenvalue weighted by Gasteiger charge is 2.38. The van der Waals surface area contributed by atoms with E-state index in [1.807, 2.05) is 51.1 Å². The molecule has 2 amide bonds. The van der Waals surface area contributed by atoms with Gasteiger partial charge < -0.3 is 5.73 Å². The van der Waals surface area contributed by atoms with Crippen molar-refractivity contribution in [1.29, 1.82) is 0 Å². The van der Waals surface area contributed by atoms with Gasteiger partial charge in [0.15, 0.2) is 0 Å². The minimum atomic E-state index is -0.270. The van der Waals surface area contributed by atoms with Crippen LogP contribution in [0.1, 0.15) is 23.6 Å². The molecule has 0 bridgehead atoms. The predicted octanol–water partition coefficient (Wildman–Crippen LogP) is 4.52. The highest BCUT2D eigenvalue weighted by atomic mass is 32.2. The number of anilines is 2. The van der Waals surface area contributed by atoms with Crippen LogP contribution >= 0.6 is 11.8 Å². The van der Waals surface area contributed by atoms with Gasteiger partial charge in [-0.25, -0.2) is 4.90 Å². The quantitative estimate of drug-likeness (QED) is 0.646. The lowest BCUT2D eigenvalue weighted by molar-refractivity contribution is -0.113. The van der Waals surface area contributed by atoms with Gasteiger partial charge in [-0.2, -0.15) is 0 Å². The zero-order valence-corrected chi connectivity index (χ0v) is 14.6. The van der Waals surface area contributed by atoms with Crippen LogP contribution in [0.4, 0.5) is 16.2 Å². The van der Waals surface area contributed by atoms with Crippen molar-refractivity contribution in [3.8, 4) is 0 Å². The van der Waals surface area contributed by atoms with E-state index in [1.165, 1.54) is 4.90 Å². The lowest BCUT2D eigenvalue weighted by Gasteiger charge is -2.16. The zero-order valence-electron chi connectivity index (χ0n) is 13.8. The fraction of sp³-hybridized carbons (Fsp3) is 0.158. The van der Waals surface area contributed by atoms with Crippen molar-refractivity contribution in [3.63, 3.8) is 0 Å². The third-order valence-electron chi connectivity index (χ3n) is 4.06. The molecule has 0 radical (unpaired) electrons. The van der Waals surface area contributed by atoms with E-state index in [-0.39, 0.29) is 11.1 Å². The number of carbonyl (C=O) groups excluding carboxylic acids is 2. The van der Waals surface area contributed by atoms with Crippen LogP contribution in [0.5, 0.6) is 0 Å². The Balaban J connectivity index is 2.04. The number of nitrogen functional groups attached to an aromatic ring is 1. The molecule has 1 fully saturated rings. The number of imide groups is 1. The van der Waals surface area contributed by atoms with E-state index in [1.54, 1.807) is 12.1 Å². The molecule has 2 aromatic rings. The van der Waals surface area contributed by atoms with E-state index >= 15 is 0 Å². The van der Waals surface area contributed by atoms with E-state index in [0.29, 0.717) is 16.3 Å². The van der Waals surface area contributed by atoms with Crippen molar-refractivity contribution in [2.75, 3.05) is 10.6 Å². The van der Waals surface area contributed by atoms with Crippen LogP contribution in [-0.2, 0) is 4.79 Å². The van der Waals surface area contributed by atoms with E-state index < -0.39 is 0 Å². The van der Waals surface area contributed by atoms with Crippen LogP contribution in [0, 0.1) is 13.8 Å². The van der Waals surface area contributed by atoms with Gasteiger partial charge >= 0.3 is 0 Å². The number of benzene rings is 2. The predicted molar refractivity (Wildman–Crippen MR) is 99.8 cm³/mol. The summed E-state index contributed by atoms with van der Waals surface area (Å²) in [7, 11) is 0. The molecular weight excluding hydrogens is 320 g/mol. The summed E-state index contributed by atoms with van der Waals surface area (Å²) in [6.45, 7) is 5.69. The van der Waals surface area contributed by atoms with Crippen molar-refractivity contribution < 1.29 is 9.59 Å². The molecule has 1 saturated heterocycles. The number of carbonyl (C=O) groups is 2. The molecule has 0 aliphatic carbocycles. The minimum Gasteiger partial charge on any atom is -0.399 e. The second kappa shape index (κ2) is 6.17. The van der Waals surface area contributed by atoms with Gasteiger partial charge in [0.2, 0.25) is 0 Å². The Hall–Kier alpha value is -2.53. The molecule has 24 heavy (non-hydrogen) atoms. The van der Waals surface area contributed by atoms with Gasteiger partial charge in [0.05, 0.1) is 10.6 Å². The maximum atomic E-state index is 12.9. The van der Waals surface area contributed by atoms with Crippen LogP contribution in [0.25, 0.3) is 5.57 Å². The fourth-order valence-corrected chi connectivity index (χ4v) is 3.53.